The summed E-state index contributed by atoms with van der Waals surface area (Å²) in [6.45, 7) is 6.42. The lowest BCUT2D eigenvalue weighted by Gasteiger charge is -2.36. The number of carbonyl (C=O) groups is 1. The number of hydrogen-bond acceptors (Lipinski definition) is 3. The van der Waals surface area contributed by atoms with Crippen LogP contribution in [0.4, 0.5) is 16.2 Å². The summed E-state index contributed by atoms with van der Waals surface area (Å²) < 4.78 is 5.78. The van der Waals surface area contributed by atoms with Crippen molar-refractivity contribution < 1.29 is 9.53 Å². The zero-order valence-electron chi connectivity index (χ0n) is 16.0. The Morgan fingerprint density at radius 3 is 2.48 bits per heavy atom. The Morgan fingerprint density at radius 1 is 1.19 bits per heavy atom. The zero-order chi connectivity index (χ0) is 19.4. The second-order valence-corrected chi connectivity index (χ2v) is 7.56. The molecule has 0 saturated carbocycles. The molecule has 2 unspecified atom stereocenters. The van der Waals surface area contributed by atoms with Gasteiger partial charge in [-0.05, 0) is 55.8 Å². The standard InChI is InChI=1S/C21H26ClN3O2/c1-15-12-25(13-16(2)27-15)20-9-7-19(8-10-20)23-21(26)24(3)14-17-5-4-6-18(22)11-17/h4-11,15-16H,12-14H2,1-3H3,(H,23,26). The summed E-state index contributed by atoms with van der Waals surface area (Å²) in [5.74, 6) is 0. The van der Waals surface area contributed by atoms with Crippen molar-refractivity contribution in [2.24, 2.45) is 0 Å². The molecule has 2 aromatic rings. The first-order valence-corrected chi connectivity index (χ1v) is 9.55. The van der Waals surface area contributed by atoms with Crippen LogP contribution in [0, 0.1) is 0 Å². The molecule has 2 amide bonds. The largest absolute Gasteiger partial charge is 0.372 e. The number of nitrogens with one attached hydrogen (secondary N) is 1. The Morgan fingerprint density at radius 2 is 1.85 bits per heavy atom. The van der Waals surface area contributed by atoms with Crippen LogP contribution in [0.15, 0.2) is 48.5 Å². The van der Waals surface area contributed by atoms with Gasteiger partial charge in [0.2, 0.25) is 0 Å². The second-order valence-electron chi connectivity index (χ2n) is 7.13. The van der Waals surface area contributed by atoms with Gasteiger partial charge >= 0.3 is 6.03 Å². The van der Waals surface area contributed by atoms with E-state index < -0.39 is 0 Å². The number of hydrogen-bond donors (Lipinski definition) is 1. The SMILES string of the molecule is CC1CN(c2ccc(NC(=O)N(C)Cc3cccc(Cl)c3)cc2)CC(C)O1. The normalized spacial score (nSPS) is 19.6. The van der Waals surface area contributed by atoms with Crippen molar-refractivity contribution in [2.75, 3.05) is 30.4 Å². The van der Waals surface area contributed by atoms with Gasteiger partial charge in [-0.3, -0.25) is 0 Å². The number of amides is 2. The first kappa shape index (κ1) is 19.5. The monoisotopic (exact) mass is 387 g/mol. The number of halogens is 1. The molecule has 2 aromatic carbocycles. The Bertz CT molecular complexity index is 771. The molecule has 144 valence electrons. The highest BCUT2D eigenvalue weighted by molar-refractivity contribution is 6.30. The average molecular weight is 388 g/mol. The molecule has 2 atom stereocenters. The van der Waals surface area contributed by atoms with Crippen molar-refractivity contribution in [1.82, 2.24) is 4.90 Å². The molecule has 0 aromatic heterocycles. The molecule has 0 aliphatic carbocycles. The van der Waals surface area contributed by atoms with Crippen LogP contribution in [0.3, 0.4) is 0 Å². The summed E-state index contributed by atoms with van der Waals surface area (Å²) in [6, 6.07) is 15.3. The number of ether oxygens (including phenoxy) is 1. The quantitative estimate of drug-likeness (QED) is 0.832. The summed E-state index contributed by atoms with van der Waals surface area (Å²) in [5.41, 5.74) is 2.91. The number of nitrogens with zero attached hydrogens (tertiary/aromatic N) is 2. The van der Waals surface area contributed by atoms with Crippen LogP contribution in [0.2, 0.25) is 5.02 Å². The van der Waals surface area contributed by atoms with Gasteiger partial charge in [0, 0.05) is 43.1 Å². The van der Waals surface area contributed by atoms with Crippen molar-refractivity contribution in [1.29, 1.82) is 0 Å². The third-order valence-electron chi connectivity index (χ3n) is 4.56. The van der Waals surface area contributed by atoms with Gasteiger partial charge < -0.3 is 19.9 Å². The second kappa shape index (κ2) is 8.63. The van der Waals surface area contributed by atoms with Gasteiger partial charge in [0.25, 0.3) is 0 Å². The number of urea groups is 1. The average Bonchev–Trinajstić information content (AvgIpc) is 2.61. The first-order valence-electron chi connectivity index (χ1n) is 9.18. The van der Waals surface area contributed by atoms with E-state index in [-0.39, 0.29) is 18.2 Å². The van der Waals surface area contributed by atoms with Gasteiger partial charge in [-0.15, -0.1) is 0 Å². The van der Waals surface area contributed by atoms with E-state index in [0.29, 0.717) is 11.6 Å². The molecular weight excluding hydrogens is 362 g/mol. The Kier molecular flexibility index (Phi) is 6.24. The molecule has 0 radical (unpaired) electrons. The lowest BCUT2D eigenvalue weighted by Crippen LogP contribution is -2.45. The number of rotatable bonds is 4. The summed E-state index contributed by atoms with van der Waals surface area (Å²) in [4.78, 5) is 16.4. The summed E-state index contributed by atoms with van der Waals surface area (Å²) in [5, 5.41) is 3.61. The van der Waals surface area contributed by atoms with Crippen molar-refractivity contribution in [2.45, 2.75) is 32.6 Å². The van der Waals surface area contributed by atoms with Crippen molar-refractivity contribution in [3.63, 3.8) is 0 Å². The first-order chi connectivity index (χ1) is 12.9. The number of morpholine rings is 1. The third kappa shape index (κ3) is 5.37. The molecule has 1 aliphatic heterocycles. The molecule has 3 rings (SSSR count). The maximum absolute atomic E-state index is 12.4. The molecule has 1 aliphatic rings. The van der Waals surface area contributed by atoms with Crippen LogP contribution in [-0.4, -0.2) is 43.3 Å². The minimum atomic E-state index is -0.156. The zero-order valence-corrected chi connectivity index (χ0v) is 16.7. The van der Waals surface area contributed by atoms with E-state index in [9.17, 15) is 4.79 Å². The molecule has 1 fully saturated rings. The van der Waals surface area contributed by atoms with Gasteiger partial charge in [0.15, 0.2) is 0 Å². The van der Waals surface area contributed by atoms with Crippen molar-refractivity contribution >= 4 is 29.0 Å². The van der Waals surface area contributed by atoms with Crippen molar-refractivity contribution in [3.8, 4) is 0 Å². The van der Waals surface area contributed by atoms with Crippen LogP contribution in [0.25, 0.3) is 0 Å². The van der Waals surface area contributed by atoms with Gasteiger partial charge in [-0.2, -0.15) is 0 Å². The van der Waals surface area contributed by atoms with E-state index in [2.05, 4.69) is 24.1 Å². The number of benzene rings is 2. The molecule has 27 heavy (non-hydrogen) atoms. The molecule has 5 nitrogen and oxygen atoms in total. The fourth-order valence-corrected chi connectivity index (χ4v) is 3.56. The molecule has 6 heteroatoms. The molecule has 1 N–H and O–H groups in total. The predicted molar refractivity (Wildman–Crippen MR) is 111 cm³/mol. The van der Waals surface area contributed by atoms with Crippen molar-refractivity contribution in [3.05, 3.63) is 59.1 Å². The minimum Gasteiger partial charge on any atom is -0.372 e. The van der Waals surface area contributed by atoms with E-state index >= 15 is 0 Å². The van der Waals surface area contributed by atoms with Crippen LogP contribution < -0.4 is 10.2 Å². The minimum absolute atomic E-state index is 0.156. The lowest BCUT2D eigenvalue weighted by atomic mass is 10.2. The van der Waals surface area contributed by atoms with E-state index in [4.69, 9.17) is 16.3 Å². The highest BCUT2D eigenvalue weighted by Gasteiger charge is 2.22. The molecular formula is C21H26ClN3O2. The van der Waals surface area contributed by atoms with Gasteiger partial charge in [-0.25, -0.2) is 4.79 Å². The topological polar surface area (TPSA) is 44.8 Å². The van der Waals surface area contributed by atoms with Crippen LogP contribution in [0.1, 0.15) is 19.4 Å². The Balaban J connectivity index is 1.58. The predicted octanol–water partition coefficient (Wildman–Crippen LogP) is 4.62. The fourth-order valence-electron chi connectivity index (χ4n) is 3.34. The van der Waals surface area contributed by atoms with Crippen LogP contribution >= 0.6 is 11.6 Å². The third-order valence-corrected chi connectivity index (χ3v) is 4.79. The van der Waals surface area contributed by atoms with Crippen LogP contribution in [-0.2, 0) is 11.3 Å². The smallest absolute Gasteiger partial charge is 0.321 e. The number of carbonyl (C=O) groups excluding carboxylic acids is 1. The summed E-state index contributed by atoms with van der Waals surface area (Å²) in [6.07, 6.45) is 0.432. The van der Waals surface area contributed by atoms with E-state index in [1.807, 2.05) is 48.5 Å². The Hall–Kier alpha value is -2.24. The summed E-state index contributed by atoms with van der Waals surface area (Å²) in [7, 11) is 1.76. The van der Waals surface area contributed by atoms with E-state index in [1.54, 1.807) is 11.9 Å². The van der Waals surface area contributed by atoms with Gasteiger partial charge in [-0.1, -0.05) is 23.7 Å². The molecule has 0 bridgehead atoms. The summed E-state index contributed by atoms with van der Waals surface area (Å²) >= 11 is 6.00. The Labute approximate surface area is 165 Å². The highest BCUT2D eigenvalue weighted by atomic mass is 35.5. The van der Waals surface area contributed by atoms with Gasteiger partial charge in [0.1, 0.15) is 0 Å². The van der Waals surface area contributed by atoms with Gasteiger partial charge in [0.05, 0.1) is 12.2 Å². The molecule has 1 heterocycles. The highest BCUT2D eigenvalue weighted by Crippen LogP contribution is 2.22. The van der Waals surface area contributed by atoms with Crippen LogP contribution in [0.5, 0.6) is 0 Å². The maximum atomic E-state index is 12.4. The lowest BCUT2D eigenvalue weighted by molar-refractivity contribution is -0.00521. The van der Waals surface area contributed by atoms with E-state index in [0.717, 1.165) is 30.0 Å². The van der Waals surface area contributed by atoms with E-state index in [1.165, 1.54) is 0 Å². The number of anilines is 2. The molecule has 0 spiro atoms. The maximum Gasteiger partial charge on any atom is 0.321 e. The molecule has 1 saturated heterocycles. The fraction of sp³-hybridized carbons (Fsp3) is 0.381.